The summed E-state index contributed by atoms with van der Waals surface area (Å²) >= 11 is 3.13. The number of nitro benzene ring substituents is 1. The monoisotopic (exact) mass is 417 g/mol. The van der Waals surface area contributed by atoms with E-state index < -0.39 is 0 Å². The van der Waals surface area contributed by atoms with Crippen LogP contribution >= 0.6 is 23.1 Å². The van der Waals surface area contributed by atoms with Crippen molar-refractivity contribution in [3.8, 4) is 5.75 Å². The van der Waals surface area contributed by atoms with Crippen LogP contribution in [-0.2, 0) is 0 Å². The third-order valence-corrected chi connectivity index (χ3v) is 6.73. The second kappa shape index (κ2) is 9.36. The number of aromatic nitrogens is 1. The van der Waals surface area contributed by atoms with Crippen molar-refractivity contribution < 1.29 is 9.66 Å². The summed E-state index contributed by atoms with van der Waals surface area (Å²) in [6.07, 6.45) is 0. The van der Waals surface area contributed by atoms with Crippen LogP contribution in [0.25, 0.3) is 10.2 Å². The Hall–Kier alpha value is -2.16. The second-order valence-electron chi connectivity index (χ2n) is 6.29. The molecular formula is C20H23N3O3S2. The van der Waals surface area contributed by atoms with Gasteiger partial charge in [0.1, 0.15) is 12.4 Å². The maximum atomic E-state index is 10.9. The van der Waals surface area contributed by atoms with Crippen molar-refractivity contribution in [3.05, 3.63) is 52.1 Å². The zero-order valence-electron chi connectivity index (χ0n) is 16.2. The number of aryl methyl sites for hydroxylation is 1. The van der Waals surface area contributed by atoms with Crippen LogP contribution in [0.15, 0.2) is 45.6 Å². The lowest BCUT2D eigenvalue weighted by Gasteiger charge is -2.17. The fourth-order valence-electron chi connectivity index (χ4n) is 2.81. The van der Waals surface area contributed by atoms with Crippen molar-refractivity contribution in [1.82, 2.24) is 9.88 Å². The van der Waals surface area contributed by atoms with E-state index in [1.807, 2.05) is 25.1 Å². The van der Waals surface area contributed by atoms with E-state index in [0.717, 1.165) is 50.4 Å². The van der Waals surface area contributed by atoms with E-state index in [1.165, 1.54) is 17.8 Å². The molecule has 148 valence electrons. The first-order valence-corrected chi connectivity index (χ1v) is 10.8. The summed E-state index contributed by atoms with van der Waals surface area (Å²) in [6, 6.07) is 10.9. The molecule has 0 atom stereocenters. The van der Waals surface area contributed by atoms with Gasteiger partial charge in [-0.25, -0.2) is 4.98 Å². The summed E-state index contributed by atoms with van der Waals surface area (Å²) < 4.78 is 7.88. The zero-order valence-corrected chi connectivity index (χ0v) is 17.8. The first-order valence-electron chi connectivity index (χ1n) is 9.18. The van der Waals surface area contributed by atoms with Crippen LogP contribution in [-0.4, -0.2) is 41.0 Å². The quantitative estimate of drug-likeness (QED) is 0.344. The Balaban J connectivity index is 1.70. The van der Waals surface area contributed by atoms with Crippen LogP contribution in [0.3, 0.4) is 0 Å². The van der Waals surface area contributed by atoms with Gasteiger partial charge >= 0.3 is 0 Å². The van der Waals surface area contributed by atoms with Crippen molar-refractivity contribution in [2.75, 3.05) is 26.2 Å². The number of nitro groups is 1. The Morgan fingerprint density at radius 1 is 1.21 bits per heavy atom. The molecule has 8 heteroatoms. The normalized spacial score (nSPS) is 11.3. The van der Waals surface area contributed by atoms with Gasteiger partial charge in [0.25, 0.3) is 5.69 Å². The summed E-state index contributed by atoms with van der Waals surface area (Å²) in [4.78, 5) is 18.5. The molecule has 0 spiro atoms. The number of fused-ring (bicyclic) bond motifs is 1. The van der Waals surface area contributed by atoms with Crippen molar-refractivity contribution in [2.24, 2.45) is 0 Å². The summed E-state index contributed by atoms with van der Waals surface area (Å²) in [6.45, 7) is 9.80. The van der Waals surface area contributed by atoms with E-state index in [0.29, 0.717) is 6.61 Å². The predicted molar refractivity (Wildman–Crippen MR) is 115 cm³/mol. The molecule has 1 aromatic heterocycles. The molecule has 0 aliphatic rings. The lowest BCUT2D eigenvalue weighted by atomic mass is 10.2. The molecule has 0 aliphatic carbocycles. The van der Waals surface area contributed by atoms with E-state index >= 15 is 0 Å². The van der Waals surface area contributed by atoms with E-state index in [1.54, 1.807) is 23.5 Å². The van der Waals surface area contributed by atoms with Crippen molar-refractivity contribution in [2.45, 2.75) is 30.0 Å². The summed E-state index contributed by atoms with van der Waals surface area (Å²) in [5.41, 5.74) is 1.92. The van der Waals surface area contributed by atoms with E-state index in [9.17, 15) is 10.1 Å². The van der Waals surface area contributed by atoms with Gasteiger partial charge in [-0.2, -0.15) is 0 Å². The Kier molecular flexibility index (Phi) is 6.88. The molecule has 2 aromatic carbocycles. The van der Waals surface area contributed by atoms with Crippen LogP contribution < -0.4 is 4.74 Å². The molecule has 0 aliphatic heterocycles. The number of rotatable bonds is 9. The first-order chi connectivity index (χ1) is 13.5. The topological polar surface area (TPSA) is 68.5 Å². The van der Waals surface area contributed by atoms with Crippen LogP contribution in [0.1, 0.15) is 19.4 Å². The number of non-ortho nitro benzene ring substituents is 1. The summed E-state index contributed by atoms with van der Waals surface area (Å²) in [5, 5.41) is 10.9. The van der Waals surface area contributed by atoms with Crippen molar-refractivity contribution >= 4 is 39.0 Å². The lowest BCUT2D eigenvalue weighted by molar-refractivity contribution is -0.385. The van der Waals surface area contributed by atoms with Crippen LogP contribution in [0.4, 0.5) is 5.69 Å². The van der Waals surface area contributed by atoms with Crippen molar-refractivity contribution in [1.29, 1.82) is 0 Å². The first kappa shape index (κ1) is 20.6. The molecule has 3 aromatic rings. The average Bonchev–Trinajstić information content (AvgIpc) is 3.08. The maximum Gasteiger partial charge on any atom is 0.269 e. The lowest BCUT2D eigenvalue weighted by Crippen LogP contribution is -2.27. The van der Waals surface area contributed by atoms with Gasteiger partial charge in [-0.15, -0.1) is 11.3 Å². The van der Waals surface area contributed by atoms with Gasteiger partial charge in [0.05, 0.1) is 15.1 Å². The molecule has 0 radical (unpaired) electrons. The number of ether oxygens (including phenoxy) is 1. The van der Waals surface area contributed by atoms with Gasteiger partial charge in [0.15, 0.2) is 4.34 Å². The molecule has 28 heavy (non-hydrogen) atoms. The number of hydrogen-bond donors (Lipinski definition) is 0. The fraction of sp³-hybridized carbons (Fsp3) is 0.350. The van der Waals surface area contributed by atoms with E-state index in [-0.39, 0.29) is 10.6 Å². The zero-order chi connectivity index (χ0) is 20.1. The number of thiazole rings is 1. The Morgan fingerprint density at radius 2 is 2.00 bits per heavy atom. The predicted octanol–water partition coefficient (Wildman–Crippen LogP) is 5.38. The molecule has 0 amide bonds. The highest BCUT2D eigenvalue weighted by Gasteiger charge is 2.12. The van der Waals surface area contributed by atoms with Gasteiger partial charge in [0, 0.05) is 23.6 Å². The van der Waals surface area contributed by atoms with Crippen LogP contribution in [0.5, 0.6) is 5.75 Å². The van der Waals surface area contributed by atoms with Gasteiger partial charge in [0.2, 0.25) is 0 Å². The molecule has 0 saturated heterocycles. The van der Waals surface area contributed by atoms with Gasteiger partial charge < -0.3 is 9.64 Å². The highest BCUT2D eigenvalue weighted by molar-refractivity contribution is 8.01. The van der Waals surface area contributed by atoms with Crippen LogP contribution in [0.2, 0.25) is 0 Å². The molecule has 0 saturated carbocycles. The highest BCUT2D eigenvalue weighted by Crippen LogP contribution is 2.37. The minimum Gasteiger partial charge on any atom is -0.492 e. The molecule has 0 N–H and O–H groups in total. The summed E-state index contributed by atoms with van der Waals surface area (Å²) in [7, 11) is 0. The number of hydrogen-bond acceptors (Lipinski definition) is 7. The third-order valence-electron chi connectivity index (χ3n) is 4.48. The number of benzene rings is 2. The number of likely N-dealkylation sites (N-methyl/N-ethyl adjacent to an activating group) is 1. The molecule has 0 fully saturated rings. The highest BCUT2D eigenvalue weighted by atomic mass is 32.2. The average molecular weight is 418 g/mol. The van der Waals surface area contributed by atoms with Gasteiger partial charge in [-0.05, 0) is 49.8 Å². The third kappa shape index (κ3) is 5.01. The largest absolute Gasteiger partial charge is 0.492 e. The second-order valence-corrected chi connectivity index (χ2v) is 8.61. The minimum absolute atomic E-state index is 0.109. The standard InChI is InChI=1S/C20H23N3O3S2/c1-4-22(5-2)10-11-26-16-7-8-17-19(13-16)28-20(21-17)27-18-9-6-15(23(24)25)12-14(18)3/h6-9,12-13H,4-5,10-11H2,1-3H3. The molecule has 0 unspecified atom stereocenters. The maximum absolute atomic E-state index is 10.9. The van der Waals surface area contributed by atoms with Gasteiger partial charge in [-0.1, -0.05) is 25.6 Å². The Labute approximate surface area is 172 Å². The smallest absolute Gasteiger partial charge is 0.269 e. The Bertz CT molecular complexity index is 970. The van der Waals surface area contributed by atoms with Crippen LogP contribution in [0, 0.1) is 17.0 Å². The summed E-state index contributed by atoms with van der Waals surface area (Å²) in [5.74, 6) is 0.853. The SMILES string of the molecule is CCN(CC)CCOc1ccc2nc(Sc3ccc([N+](=O)[O-])cc3C)sc2c1. The minimum atomic E-state index is -0.374. The Morgan fingerprint density at radius 3 is 2.68 bits per heavy atom. The molecular weight excluding hydrogens is 394 g/mol. The molecule has 0 bridgehead atoms. The fourth-order valence-corrected chi connectivity index (χ4v) is 4.92. The molecule has 6 nitrogen and oxygen atoms in total. The van der Waals surface area contributed by atoms with E-state index in [2.05, 4.69) is 23.7 Å². The molecule has 3 rings (SSSR count). The van der Waals surface area contributed by atoms with Crippen molar-refractivity contribution in [3.63, 3.8) is 0 Å². The number of nitrogens with zero attached hydrogens (tertiary/aromatic N) is 3. The molecule has 1 heterocycles. The van der Waals surface area contributed by atoms with Gasteiger partial charge in [-0.3, -0.25) is 10.1 Å². The van der Waals surface area contributed by atoms with E-state index in [4.69, 9.17) is 4.74 Å².